The van der Waals surface area contributed by atoms with Crippen LogP contribution in [0.4, 0.5) is 18.9 Å². The monoisotopic (exact) mass is 334 g/mol. The Morgan fingerprint density at radius 3 is 2.39 bits per heavy atom. The number of hydrogen-bond donors (Lipinski definition) is 3. The summed E-state index contributed by atoms with van der Waals surface area (Å²) in [6.07, 6.45) is -6.37. The number of halogens is 3. The maximum absolute atomic E-state index is 12.4. The first-order chi connectivity index (χ1) is 10.7. The molecule has 0 bridgehead atoms. The topological polar surface area (TPSA) is 72.8 Å². The van der Waals surface area contributed by atoms with Gasteiger partial charge in [0, 0.05) is 32.2 Å². The summed E-state index contributed by atoms with van der Waals surface area (Å²) < 4.78 is 37.1. The average Bonchev–Trinajstić information content (AvgIpc) is 2.45. The van der Waals surface area contributed by atoms with Gasteiger partial charge in [0.1, 0.15) is 0 Å². The van der Waals surface area contributed by atoms with Crippen molar-refractivity contribution in [2.45, 2.75) is 32.2 Å². The van der Waals surface area contributed by atoms with E-state index in [0.717, 1.165) is 5.56 Å². The molecule has 0 aliphatic rings. The Hall–Kier alpha value is -1.64. The van der Waals surface area contributed by atoms with Crippen LogP contribution in [0.3, 0.4) is 0 Å². The predicted octanol–water partition coefficient (Wildman–Crippen LogP) is 1.75. The van der Waals surface area contributed by atoms with Gasteiger partial charge in [0.15, 0.2) is 0 Å². The zero-order chi connectivity index (χ0) is 17.5. The van der Waals surface area contributed by atoms with Crippen LogP contribution >= 0.6 is 0 Å². The van der Waals surface area contributed by atoms with Crippen LogP contribution in [0.5, 0.6) is 0 Å². The molecule has 8 heteroatoms. The molecular weight excluding hydrogens is 313 g/mol. The Bertz CT molecular complexity index is 492. The van der Waals surface area contributed by atoms with E-state index in [-0.39, 0.29) is 25.5 Å². The van der Waals surface area contributed by atoms with E-state index in [4.69, 9.17) is 5.11 Å². The smallest absolute Gasteiger partial charge is 0.390 e. The number of aliphatic hydroxyl groups excluding tert-OH is 2. The van der Waals surface area contributed by atoms with Gasteiger partial charge in [0.25, 0.3) is 0 Å². The fourth-order valence-corrected chi connectivity index (χ4v) is 2.03. The van der Waals surface area contributed by atoms with Crippen molar-refractivity contribution in [3.05, 3.63) is 29.8 Å². The third kappa shape index (κ3) is 8.53. The van der Waals surface area contributed by atoms with Crippen molar-refractivity contribution in [3.63, 3.8) is 0 Å². The van der Waals surface area contributed by atoms with Gasteiger partial charge in [-0.05, 0) is 17.7 Å². The van der Waals surface area contributed by atoms with Gasteiger partial charge in [-0.25, -0.2) is 0 Å². The van der Waals surface area contributed by atoms with Crippen molar-refractivity contribution in [1.29, 1.82) is 0 Å². The first-order valence-electron chi connectivity index (χ1n) is 7.14. The maximum atomic E-state index is 12.4. The van der Waals surface area contributed by atoms with Crippen LogP contribution in [0.2, 0.25) is 0 Å². The molecule has 5 nitrogen and oxygen atoms in total. The van der Waals surface area contributed by atoms with Crippen LogP contribution in [0.15, 0.2) is 24.3 Å². The van der Waals surface area contributed by atoms with E-state index in [1.807, 2.05) is 0 Å². The largest absolute Gasteiger partial charge is 0.394 e. The summed E-state index contributed by atoms with van der Waals surface area (Å²) in [5, 5.41) is 20.9. The van der Waals surface area contributed by atoms with Crippen LogP contribution in [-0.4, -0.2) is 53.0 Å². The minimum absolute atomic E-state index is 0.0555. The summed E-state index contributed by atoms with van der Waals surface area (Å²) >= 11 is 0. The van der Waals surface area contributed by atoms with E-state index in [2.05, 4.69) is 5.32 Å². The standard InChI is InChI=1S/C15H21F3N2O3/c1-11(22)19-13-4-2-12(3-5-13)8-20(9-14(23)10-21)7-6-15(16,17)18/h2-5,14,21,23H,6-10H2,1H3,(H,19,22)/t14-/m0/s1. The molecule has 23 heavy (non-hydrogen) atoms. The summed E-state index contributed by atoms with van der Waals surface area (Å²) in [7, 11) is 0. The Morgan fingerprint density at radius 1 is 1.30 bits per heavy atom. The molecule has 0 radical (unpaired) electrons. The van der Waals surface area contributed by atoms with Gasteiger partial charge >= 0.3 is 6.18 Å². The number of benzene rings is 1. The number of carbonyl (C=O) groups is 1. The Balaban J connectivity index is 2.68. The number of amides is 1. The number of anilines is 1. The second kappa shape index (κ2) is 8.85. The number of hydrogen-bond acceptors (Lipinski definition) is 4. The molecule has 0 spiro atoms. The molecule has 1 rings (SSSR count). The highest BCUT2D eigenvalue weighted by Crippen LogP contribution is 2.21. The van der Waals surface area contributed by atoms with Gasteiger partial charge in [-0.2, -0.15) is 13.2 Å². The maximum Gasteiger partial charge on any atom is 0.390 e. The first-order valence-corrected chi connectivity index (χ1v) is 7.14. The molecule has 1 aromatic rings. The molecule has 0 saturated heterocycles. The second-order valence-corrected chi connectivity index (χ2v) is 5.31. The second-order valence-electron chi connectivity index (χ2n) is 5.31. The van der Waals surface area contributed by atoms with E-state index in [9.17, 15) is 23.1 Å². The van der Waals surface area contributed by atoms with Crippen molar-refractivity contribution in [2.75, 3.05) is 25.0 Å². The van der Waals surface area contributed by atoms with E-state index in [0.29, 0.717) is 5.69 Å². The van der Waals surface area contributed by atoms with Gasteiger partial charge < -0.3 is 15.5 Å². The minimum Gasteiger partial charge on any atom is -0.394 e. The molecule has 0 saturated carbocycles. The first kappa shape index (κ1) is 19.4. The molecule has 0 aliphatic heterocycles. The summed E-state index contributed by atoms with van der Waals surface area (Å²) in [4.78, 5) is 12.4. The van der Waals surface area contributed by atoms with E-state index >= 15 is 0 Å². The molecule has 0 heterocycles. The molecule has 1 atom stereocenters. The number of alkyl halides is 3. The number of carbonyl (C=O) groups excluding carboxylic acids is 1. The lowest BCUT2D eigenvalue weighted by Crippen LogP contribution is -2.36. The third-order valence-corrected chi connectivity index (χ3v) is 3.07. The lowest BCUT2D eigenvalue weighted by Gasteiger charge is -2.25. The van der Waals surface area contributed by atoms with Gasteiger partial charge in [0.05, 0.1) is 19.1 Å². The molecule has 0 fully saturated rings. The van der Waals surface area contributed by atoms with E-state index < -0.39 is 25.3 Å². The molecule has 3 N–H and O–H groups in total. The third-order valence-electron chi connectivity index (χ3n) is 3.07. The van der Waals surface area contributed by atoms with Gasteiger partial charge in [0.2, 0.25) is 5.91 Å². The van der Waals surface area contributed by atoms with Gasteiger partial charge in [-0.1, -0.05) is 12.1 Å². The fourth-order valence-electron chi connectivity index (χ4n) is 2.03. The van der Waals surface area contributed by atoms with E-state index in [1.165, 1.54) is 11.8 Å². The van der Waals surface area contributed by atoms with Gasteiger partial charge in [-0.15, -0.1) is 0 Å². The SMILES string of the molecule is CC(=O)Nc1ccc(CN(CCC(F)(F)F)C[C@H](O)CO)cc1. The van der Waals surface area contributed by atoms with Crippen LogP contribution in [-0.2, 0) is 11.3 Å². The zero-order valence-corrected chi connectivity index (χ0v) is 12.8. The number of rotatable bonds is 8. The van der Waals surface area contributed by atoms with Crippen molar-refractivity contribution in [2.24, 2.45) is 0 Å². The molecule has 0 aliphatic carbocycles. The lowest BCUT2D eigenvalue weighted by atomic mass is 10.1. The molecule has 0 unspecified atom stereocenters. The normalized spacial score (nSPS) is 13.2. The summed E-state index contributed by atoms with van der Waals surface area (Å²) in [5.41, 5.74) is 1.34. The highest BCUT2D eigenvalue weighted by Gasteiger charge is 2.28. The highest BCUT2D eigenvalue weighted by molar-refractivity contribution is 5.88. The molecule has 1 aromatic carbocycles. The Labute approximate surface area is 132 Å². The summed E-state index contributed by atoms with van der Waals surface area (Å²) in [5.74, 6) is -0.212. The van der Waals surface area contributed by atoms with Gasteiger partial charge in [-0.3, -0.25) is 9.69 Å². The summed E-state index contributed by atoms with van der Waals surface area (Å²) in [6.45, 7) is 0.745. The lowest BCUT2D eigenvalue weighted by molar-refractivity contribution is -0.139. The molecule has 0 aromatic heterocycles. The molecular formula is C15H21F3N2O3. The quantitative estimate of drug-likeness (QED) is 0.677. The average molecular weight is 334 g/mol. The molecule has 130 valence electrons. The van der Waals surface area contributed by atoms with Crippen molar-refractivity contribution in [1.82, 2.24) is 4.90 Å². The number of nitrogens with one attached hydrogen (secondary N) is 1. The van der Waals surface area contributed by atoms with Crippen molar-refractivity contribution < 1.29 is 28.2 Å². The van der Waals surface area contributed by atoms with Crippen molar-refractivity contribution in [3.8, 4) is 0 Å². The Kier molecular flexibility index (Phi) is 7.47. The predicted molar refractivity (Wildman–Crippen MR) is 79.8 cm³/mol. The molecule has 1 amide bonds. The Morgan fingerprint density at radius 2 is 1.91 bits per heavy atom. The highest BCUT2D eigenvalue weighted by atomic mass is 19.4. The van der Waals surface area contributed by atoms with Crippen LogP contribution in [0, 0.1) is 0 Å². The minimum atomic E-state index is -4.28. The number of nitrogens with zero attached hydrogens (tertiary/aromatic N) is 1. The van der Waals surface area contributed by atoms with Crippen LogP contribution in [0.1, 0.15) is 18.9 Å². The van der Waals surface area contributed by atoms with Crippen LogP contribution in [0.25, 0.3) is 0 Å². The van der Waals surface area contributed by atoms with Crippen LogP contribution < -0.4 is 5.32 Å². The van der Waals surface area contributed by atoms with E-state index in [1.54, 1.807) is 24.3 Å². The summed E-state index contributed by atoms with van der Waals surface area (Å²) in [6, 6.07) is 6.69. The number of aliphatic hydroxyl groups is 2. The van der Waals surface area contributed by atoms with Crippen molar-refractivity contribution >= 4 is 11.6 Å². The fraction of sp³-hybridized carbons (Fsp3) is 0.533. The zero-order valence-electron chi connectivity index (χ0n) is 12.8.